The van der Waals surface area contributed by atoms with Gasteiger partial charge >= 0.3 is 0 Å². The van der Waals surface area contributed by atoms with Crippen molar-refractivity contribution in [2.45, 2.75) is 32.1 Å². The molecule has 2 rings (SSSR count). The van der Waals surface area contributed by atoms with Crippen molar-refractivity contribution in [3.8, 4) is 0 Å². The number of aliphatic imine (C=N–C) groups is 1. The normalized spacial score (nSPS) is 15.3. The quantitative estimate of drug-likeness (QED) is 0.217. The minimum absolute atomic E-state index is 0. The van der Waals surface area contributed by atoms with Crippen LogP contribution in [0.3, 0.4) is 0 Å². The van der Waals surface area contributed by atoms with E-state index < -0.39 is 0 Å². The number of halogens is 2. The summed E-state index contributed by atoms with van der Waals surface area (Å²) in [5.74, 6) is 1.53. The van der Waals surface area contributed by atoms with Crippen LogP contribution in [0.25, 0.3) is 0 Å². The molecular weight excluding hydrogens is 477 g/mol. The minimum atomic E-state index is 0. The molecule has 0 unspecified atom stereocenters. The smallest absolute Gasteiger partial charge is 0.190 e. The molecule has 0 saturated carbocycles. The SMILES string of the molecule is CN=C(NCCCOCC1CCOCC1)NCCCc1ccc(Cl)cc1.I. The van der Waals surface area contributed by atoms with Gasteiger partial charge in [0.2, 0.25) is 0 Å². The van der Waals surface area contributed by atoms with Gasteiger partial charge in [0.1, 0.15) is 0 Å². The largest absolute Gasteiger partial charge is 0.381 e. The first-order valence-electron chi connectivity index (χ1n) is 9.62. The predicted molar refractivity (Wildman–Crippen MR) is 124 cm³/mol. The monoisotopic (exact) mass is 509 g/mol. The second-order valence-corrected chi connectivity index (χ2v) is 7.08. The third kappa shape index (κ3) is 11.1. The average Bonchev–Trinajstić information content (AvgIpc) is 2.68. The van der Waals surface area contributed by atoms with Crippen molar-refractivity contribution in [1.82, 2.24) is 10.6 Å². The van der Waals surface area contributed by atoms with E-state index in [2.05, 4.69) is 27.8 Å². The topological polar surface area (TPSA) is 54.9 Å². The van der Waals surface area contributed by atoms with Crippen molar-refractivity contribution in [1.29, 1.82) is 0 Å². The van der Waals surface area contributed by atoms with E-state index in [-0.39, 0.29) is 24.0 Å². The summed E-state index contributed by atoms with van der Waals surface area (Å²) in [6.45, 7) is 5.18. The van der Waals surface area contributed by atoms with Crippen molar-refractivity contribution in [2.24, 2.45) is 10.9 Å². The second-order valence-electron chi connectivity index (χ2n) is 6.64. The Hall–Kier alpha value is -0.570. The summed E-state index contributed by atoms with van der Waals surface area (Å²) in [6.07, 6.45) is 5.32. The molecule has 1 aromatic rings. The van der Waals surface area contributed by atoms with Crippen LogP contribution in [0.4, 0.5) is 0 Å². The number of rotatable bonds is 10. The summed E-state index contributed by atoms with van der Waals surface area (Å²) in [7, 11) is 1.80. The molecule has 0 amide bonds. The predicted octanol–water partition coefficient (Wildman–Crippen LogP) is 3.89. The van der Waals surface area contributed by atoms with E-state index in [1.165, 1.54) is 5.56 Å². The van der Waals surface area contributed by atoms with Gasteiger partial charge in [-0.15, -0.1) is 24.0 Å². The van der Waals surface area contributed by atoms with Crippen molar-refractivity contribution in [2.75, 3.05) is 46.6 Å². The second kappa shape index (κ2) is 15.4. The van der Waals surface area contributed by atoms with E-state index in [4.69, 9.17) is 21.1 Å². The first kappa shape index (κ1) is 24.5. The summed E-state index contributed by atoms with van der Waals surface area (Å²) < 4.78 is 11.1. The number of guanidine groups is 1. The molecule has 7 heteroatoms. The molecule has 1 aliphatic heterocycles. The Bertz CT molecular complexity index is 522. The van der Waals surface area contributed by atoms with Crippen molar-refractivity contribution < 1.29 is 9.47 Å². The molecule has 1 aliphatic rings. The molecular formula is C20H33ClIN3O2. The number of ether oxygens (including phenoxy) is 2. The van der Waals surface area contributed by atoms with E-state index >= 15 is 0 Å². The van der Waals surface area contributed by atoms with Gasteiger partial charge in [0.05, 0.1) is 0 Å². The fraction of sp³-hybridized carbons (Fsp3) is 0.650. The Kier molecular flexibility index (Phi) is 13.9. The van der Waals surface area contributed by atoms with Gasteiger partial charge in [-0.25, -0.2) is 0 Å². The van der Waals surface area contributed by atoms with E-state index in [1.54, 1.807) is 7.05 Å². The molecule has 1 saturated heterocycles. The number of aryl methyl sites for hydroxylation is 1. The molecule has 1 heterocycles. The van der Waals surface area contributed by atoms with Gasteiger partial charge < -0.3 is 20.1 Å². The van der Waals surface area contributed by atoms with Crippen LogP contribution >= 0.6 is 35.6 Å². The van der Waals surface area contributed by atoms with Gasteiger partial charge in [-0.3, -0.25) is 4.99 Å². The van der Waals surface area contributed by atoms with Crippen LogP contribution in [0.1, 0.15) is 31.2 Å². The van der Waals surface area contributed by atoms with Crippen LogP contribution in [0.5, 0.6) is 0 Å². The molecule has 27 heavy (non-hydrogen) atoms. The van der Waals surface area contributed by atoms with Gasteiger partial charge in [-0.1, -0.05) is 23.7 Å². The molecule has 0 aliphatic carbocycles. The third-order valence-electron chi connectivity index (χ3n) is 4.52. The molecule has 0 aromatic heterocycles. The maximum absolute atomic E-state index is 5.90. The van der Waals surface area contributed by atoms with Crippen LogP contribution < -0.4 is 10.6 Å². The van der Waals surface area contributed by atoms with Gasteiger partial charge in [0, 0.05) is 51.6 Å². The lowest BCUT2D eigenvalue weighted by Gasteiger charge is -2.21. The summed E-state index contributed by atoms with van der Waals surface area (Å²) >= 11 is 5.90. The first-order valence-corrected chi connectivity index (χ1v) is 10.00. The molecule has 0 bridgehead atoms. The molecule has 2 N–H and O–H groups in total. The number of hydrogen-bond donors (Lipinski definition) is 2. The zero-order chi connectivity index (χ0) is 18.5. The van der Waals surface area contributed by atoms with E-state index in [0.29, 0.717) is 5.92 Å². The average molecular weight is 510 g/mol. The van der Waals surface area contributed by atoms with Gasteiger partial charge in [-0.05, 0) is 55.7 Å². The molecule has 5 nitrogen and oxygen atoms in total. The Morgan fingerprint density at radius 3 is 2.48 bits per heavy atom. The van der Waals surface area contributed by atoms with Crippen LogP contribution in [-0.2, 0) is 15.9 Å². The van der Waals surface area contributed by atoms with Gasteiger partial charge in [0.25, 0.3) is 0 Å². The zero-order valence-electron chi connectivity index (χ0n) is 16.2. The third-order valence-corrected chi connectivity index (χ3v) is 4.78. The standard InChI is InChI=1S/C20H32ClN3O2.HI/c1-22-20(23-11-2-4-17-5-7-19(21)8-6-17)24-12-3-13-26-16-18-9-14-25-15-10-18;/h5-8,18H,2-4,9-16H2,1H3,(H2,22,23,24);1H. The highest BCUT2D eigenvalue weighted by atomic mass is 127. The lowest BCUT2D eigenvalue weighted by molar-refractivity contribution is 0.0203. The van der Waals surface area contributed by atoms with Crippen molar-refractivity contribution in [3.05, 3.63) is 34.9 Å². The summed E-state index contributed by atoms with van der Waals surface area (Å²) in [5.41, 5.74) is 1.31. The Balaban J connectivity index is 0.00000364. The number of benzene rings is 1. The molecule has 0 spiro atoms. The van der Waals surface area contributed by atoms with Crippen LogP contribution in [0, 0.1) is 5.92 Å². The highest BCUT2D eigenvalue weighted by Gasteiger charge is 2.13. The fourth-order valence-electron chi connectivity index (χ4n) is 2.92. The zero-order valence-corrected chi connectivity index (χ0v) is 19.3. The Morgan fingerprint density at radius 1 is 1.15 bits per heavy atom. The Labute approximate surface area is 185 Å². The summed E-state index contributed by atoms with van der Waals surface area (Å²) in [6, 6.07) is 8.04. The number of nitrogens with zero attached hydrogens (tertiary/aromatic N) is 1. The highest BCUT2D eigenvalue weighted by molar-refractivity contribution is 14.0. The molecule has 1 fully saturated rings. The molecule has 0 radical (unpaired) electrons. The van der Waals surface area contributed by atoms with E-state index in [0.717, 1.165) is 82.6 Å². The lowest BCUT2D eigenvalue weighted by atomic mass is 10.0. The van der Waals surface area contributed by atoms with E-state index in [9.17, 15) is 0 Å². The fourth-order valence-corrected chi connectivity index (χ4v) is 3.04. The molecule has 1 aromatic carbocycles. The van der Waals surface area contributed by atoms with Gasteiger partial charge in [-0.2, -0.15) is 0 Å². The summed E-state index contributed by atoms with van der Waals surface area (Å²) in [4.78, 5) is 4.26. The first-order chi connectivity index (χ1) is 12.8. The van der Waals surface area contributed by atoms with E-state index in [1.807, 2.05) is 12.1 Å². The number of nitrogens with one attached hydrogen (secondary N) is 2. The van der Waals surface area contributed by atoms with Gasteiger partial charge in [0.15, 0.2) is 5.96 Å². The molecule has 0 atom stereocenters. The number of hydrogen-bond acceptors (Lipinski definition) is 3. The maximum atomic E-state index is 5.90. The van der Waals surface area contributed by atoms with Crippen LogP contribution in [0.15, 0.2) is 29.3 Å². The summed E-state index contributed by atoms with van der Waals surface area (Å²) in [5, 5.41) is 7.47. The highest BCUT2D eigenvalue weighted by Crippen LogP contribution is 2.14. The lowest BCUT2D eigenvalue weighted by Crippen LogP contribution is -2.38. The Morgan fingerprint density at radius 2 is 1.81 bits per heavy atom. The maximum Gasteiger partial charge on any atom is 0.190 e. The van der Waals surface area contributed by atoms with Crippen LogP contribution in [-0.4, -0.2) is 52.5 Å². The van der Waals surface area contributed by atoms with Crippen molar-refractivity contribution in [3.63, 3.8) is 0 Å². The van der Waals surface area contributed by atoms with Crippen molar-refractivity contribution >= 4 is 41.5 Å². The molecule has 154 valence electrons. The minimum Gasteiger partial charge on any atom is -0.381 e. The van der Waals surface area contributed by atoms with Crippen LogP contribution in [0.2, 0.25) is 5.02 Å².